The Morgan fingerprint density at radius 2 is 1.82 bits per heavy atom. The maximum absolute atomic E-state index is 12.7. The molecule has 0 bridgehead atoms. The monoisotopic (exact) mass is 556 g/mol. The van der Waals surface area contributed by atoms with Gasteiger partial charge < -0.3 is 19.7 Å². The van der Waals surface area contributed by atoms with Gasteiger partial charge >= 0.3 is 6.09 Å². The molecule has 2 aliphatic heterocycles. The largest absolute Gasteiger partial charge is 0.490 e. The van der Waals surface area contributed by atoms with Crippen LogP contribution in [0.3, 0.4) is 0 Å². The van der Waals surface area contributed by atoms with Crippen molar-refractivity contribution >= 4 is 23.8 Å². The van der Waals surface area contributed by atoms with Gasteiger partial charge in [0.1, 0.15) is 23.5 Å². The van der Waals surface area contributed by atoms with Crippen molar-refractivity contribution in [2.45, 2.75) is 103 Å². The zero-order valence-corrected chi connectivity index (χ0v) is 24.4. The fourth-order valence-electron chi connectivity index (χ4n) is 5.59. The number of likely N-dealkylation sites (tertiary alicyclic amines) is 1. The van der Waals surface area contributed by atoms with Crippen LogP contribution in [0.15, 0.2) is 24.3 Å². The summed E-state index contributed by atoms with van der Waals surface area (Å²) in [7, 11) is 0. The topological polar surface area (TPSA) is 117 Å². The first-order chi connectivity index (χ1) is 18.9. The van der Waals surface area contributed by atoms with E-state index < -0.39 is 17.6 Å². The molecule has 0 spiro atoms. The molecule has 4 rings (SSSR count). The lowest BCUT2D eigenvalue weighted by Crippen LogP contribution is -2.54. The Hall–Kier alpha value is -3.14. The molecule has 3 aliphatic rings. The minimum Gasteiger partial charge on any atom is -0.490 e. The van der Waals surface area contributed by atoms with E-state index in [1.807, 2.05) is 31.7 Å². The lowest BCUT2D eigenvalue weighted by molar-refractivity contribution is -0.134. The third-order valence-electron chi connectivity index (χ3n) is 7.88. The van der Waals surface area contributed by atoms with Crippen LogP contribution in [0.2, 0.25) is 0 Å². The highest BCUT2D eigenvalue weighted by atomic mass is 16.6. The van der Waals surface area contributed by atoms with E-state index in [-0.39, 0.29) is 30.4 Å². The van der Waals surface area contributed by atoms with Crippen LogP contribution in [0.1, 0.15) is 83.5 Å². The number of hydrogen-bond acceptors (Lipinski definition) is 7. The Balaban J connectivity index is 1.23. The molecule has 1 aliphatic carbocycles. The van der Waals surface area contributed by atoms with Crippen LogP contribution < -0.4 is 15.4 Å². The molecule has 4 amide bonds. The molecule has 0 radical (unpaired) electrons. The Morgan fingerprint density at radius 3 is 2.45 bits per heavy atom. The summed E-state index contributed by atoms with van der Waals surface area (Å²) in [6.07, 6.45) is 4.15. The quantitative estimate of drug-likeness (QED) is 0.471. The summed E-state index contributed by atoms with van der Waals surface area (Å²) in [5.41, 5.74) is -0.0611. The van der Waals surface area contributed by atoms with Crippen LogP contribution in [-0.4, -0.2) is 83.1 Å². The molecule has 1 unspecified atom stereocenters. The van der Waals surface area contributed by atoms with E-state index >= 15 is 0 Å². The van der Waals surface area contributed by atoms with Crippen LogP contribution in [0.4, 0.5) is 4.79 Å². The highest BCUT2D eigenvalue weighted by Gasteiger charge is 2.38. The molecule has 2 heterocycles. The van der Waals surface area contributed by atoms with Gasteiger partial charge in [0.05, 0.1) is 0 Å². The van der Waals surface area contributed by atoms with Gasteiger partial charge in [-0.05, 0) is 78.0 Å². The van der Waals surface area contributed by atoms with Crippen LogP contribution in [0, 0.1) is 5.92 Å². The van der Waals surface area contributed by atoms with E-state index in [2.05, 4.69) is 29.4 Å². The van der Waals surface area contributed by atoms with Gasteiger partial charge in [-0.3, -0.25) is 24.6 Å². The van der Waals surface area contributed by atoms with E-state index in [1.54, 1.807) is 18.2 Å². The van der Waals surface area contributed by atoms with Gasteiger partial charge in [0, 0.05) is 56.5 Å². The lowest BCUT2D eigenvalue weighted by atomic mass is 9.85. The lowest BCUT2D eigenvalue weighted by Gasteiger charge is -2.46. The minimum atomic E-state index is -0.714. The molecule has 1 saturated carbocycles. The number of rotatable bonds is 8. The third kappa shape index (κ3) is 7.96. The molecule has 2 N–H and O–H groups in total. The number of hydrogen-bond donors (Lipinski definition) is 2. The van der Waals surface area contributed by atoms with Crippen molar-refractivity contribution in [1.29, 1.82) is 0 Å². The molecule has 220 valence electrons. The molecular formula is C30H44N4O6. The van der Waals surface area contributed by atoms with E-state index in [9.17, 15) is 19.2 Å². The van der Waals surface area contributed by atoms with Gasteiger partial charge in [-0.15, -0.1) is 0 Å². The summed E-state index contributed by atoms with van der Waals surface area (Å²) in [5.74, 6) is 0.0193. The molecule has 1 atom stereocenters. The van der Waals surface area contributed by atoms with Crippen molar-refractivity contribution in [3.63, 3.8) is 0 Å². The number of ether oxygens (including phenoxy) is 2. The number of piperidine rings is 2. The molecular weight excluding hydrogens is 512 g/mol. The van der Waals surface area contributed by atoms with Crippen molar-refractivity contribution in [3.05, 3.63) is 29.8 Å². The second-order valence-corrected chi connectivity index (χ2v) is 12.6. The fourth-order valence-corrected chi connectivity index (χ4v) is 5.59. The Morgan fingerprint density at radius 1 is 1.12 bits per heavy atom. The highest BCUT2D eigenvalue weighted by molar-refractivity contribution is 6.03. The Kier molecular flexibility index (Phi) is 9.38. The van der Waals surface area contributed by atoms with Crippen molar-refractivity contribution < 1.29 is 28.7 Å². The third-order valence-corrected chi connectivity index (χ3v) is 7.88. The maximum Gasteiger partial charge on any atom is 0.410 e. The van der Waals surface area contributed by atoms with E-state index in [4.69, 9.17) is 9.47 Å². The highest BCUT2D eigenvalue weighted by Crippen LogP contribution is 2.33. The number of amides is 4. The molecule has 1 aromatic carbocycles. The Labute approximate surface area is 237 Å². The van der Waals surface area contributed by atoms with E-state index in [0.717, 1.165) is 45.3 Å². The number of carbonyl (C=O) groups excluding carboxylic acids is 4. The zero-order valence-electron chi connectivity index (χ0n) is 24.4. The molecule has 2 saturated heterocycles. The normalized spacial score (nSPS) is 24.0. The van der Waals surface area contributed by atoms with Gasteiger partial charge in [-0.1, -0.05) is 6.07 Å². The first-order valence-electron chi connectivity index (χ1n) is 14.5. The molecule has 3 fully saturated rings. The van der Waals surface area contributed by atoms with Gasteiger partial charge in [0.15, 0.2) is 0 Å². The van der Waals surface area contributed by atoms with E-state index in [0.29, 0.717) is 35.7 Å². The predicted octanol–water partition coefficient (Wildman–Crippen LogP) is 3.49. The van der Waals surface area contributed by atoms with Crippen molar-refractivity contribution in [2.75, 3.05) is 19.6 Å². The summed E-state index contributed by atoms with van der Waals surface area (Å²) in [4.78, 5) is 52.8. The van der Waals surface area contributed by atoms with Crippen LogP contribution in [0.5, 0.6) is 5.75 Å². The number of nitrogens with zero attached hydrogens (tertiary/aromatic N) is 2. The maximum atomic E-state index is 12.7. The zero-order chi connectivity index (χ0) is 29.0. The summed E-state index contributed by atoms with van der Waals surface area (Å²) in [5, 5.41) is 4.97. The standard InChI is InChI=1S/C30H44N4O6/c1-19(2)34(18-20-11-13-33(14-12-20)29(38)40-30(3,4)5)22-16-24(17-22)39-23-8-6-7-21(15-23)27(36)31-25-9-10-26(35)32-28(25)37/h6-8,15,19-20,22,24-25H,9-14,16-18H2,1-5H3,(H,31,36)(H,32,35,37). The van der Waals surface area contributed by atoms with Crippen molar-refractivity contribution in [3.8, 4) is 5.75 Å². The second-order valence-electron chi connectivity index (χ2n) is 12.6. The van der Waals surface area contributed by atoms with Crippen LogP contribution in [-0.2, 0) is 14.3 Å². The predicted molar refractivity (Wildman–Crippen MR) is 150 cm³/mol. The number of nitrogens with one attached hydrogen (secondary N) is 2. The summed E-state index contributed by atoms with van der Waals surface area (Å²) in [6, 6.07) is 7.14. The van der Waals surface area contributed by atoms with Gasteiger partial charge in [0.2, 0.25) is 11.8 Å². The molecule has 0 aromatic heterocycles. The summed E-state index contributed by atoms with van der Waals surface area (Å²) >= 11 is 0. The number of imide groups is 1. The van der Waals surface area contributed by atoms with E-state index in [1.165, 1.54) is 0 Å². The summed E-state index contributed by atoms with van der Waals surface area (Å²) in [6.45, 7) is 12.6. The second kappa shape index (κ2) is 12.6. The minimum absolute atomic E-state index is 0.0775. The SMILES string of the molecule is CC(C)N(CC1CCN(C(=O)OC(C)(C)C)CC1)C1CC(Oc2cccc(C(=O)NC3CCC(=O)NC3=O)c2)C1. The van der Waals surface area contributed by atoms with Gasteiger partial charge in [0.25, 0.3) is 5.91 Å². The first kappa shape index (κ1) is 29.8. The molecule has 10 nitrogen and oxygen atoms in total. The fraction of sp³-hybridized carbons (Fsp3) is 0.667. The average molecular weight is 557 g/mol. The number of carbonyl (C=O) groups is 4. The average Bonchev–Trinajstić information content (AvgIpc) is 2.86. The summed E-state index contributed by atoms with van der Waals surface area (Å²) < 4.78 is 11.7. The van der Waals surface area contributed by atoms with Crippen LogP contribution in [0.25, 0.3) is 0 Å². The number of benzene rings is 1. The molecule has 1 aromatic rings. The van der Waals surface area contributed by atoms with Crippen LogP contribution >= 0.6 is 0 Å². The van der Waals surface area contributed by atoms with Gasteiger partial charge in [-0.25, -0.2) is 4.79 Å². The van der Waals surface area contributed by atoms with Crippen molar-refractivity contribution in [2.24, 2.45) is 5.92 Å². The molecule has 40 heavy (non-hydrogen) atoms. The smallest absolute Gasteiger partial charge is 0.410 e. The molecule has 10 heteroatoms. The van der Waals surface area contributed by atoms with Crippen molar-refractivity contribution in [1.82, 2.24) is 20.4 Å². The van der Waals surface area contributed by atoms with Gasteiger partial charge in [-0.2, -0.15) is 0 Å². The Bertz CT molecular complexity index is 1090. The first-order valence-corrected chi connectivity index (χ1v) is 14.5.